The summed E-state index contributed by atoms with van der Waals surface area (Å²) >= 11 is 0. The zero-order valence-electron chi connectivity index (χ0n) is 6.90. The average molecular weight is 172 g/mol. The topological polar surface area (TPSA) is 55.8 Å². The van der Waals surface area contributed by atoms with Gasteiger partial charge < -0.3 is 14.6 Å². The number of carbonyl (C=O) groups is 1. The Morgan fingerprint density at radius 2 is 2.50 bits per heavy atom. The van der Waals surface area contributed by atoms with Gasteiger partial charge in [-0.25, -0.2) is 0 Å². The minimum atomic E-state index is -0.468. The predicted molar refractivity (Wildman–Crippen MR) is 39.4 cm³/mol. The summed E-state index contributed by atoms with van der Waals surface area (Å²) in [6, 6.07) is 0. The van der Waals surface area contributed by atoms with Crippen LogP contribution in [-0.4, -0.2) is 36.5 Å². The van der Waals surface area contributed by atoms with Crippen LogP contribution in [0.25, 0.3) is 0 Å². The monoisotopic (exact) mass is 172 g/mol. The van der Waals surface area contributed by atoms with E-state index < -0.39 is 6.10 Å². The second kappa shape index (κ2) is 2.71. The van der Waals surface area contributed by atoms with Crippen LogP contribution in [0.4, 0.5) is 0 Å². The van der Waals surface area contributed by atoms with Crippen molar-refractivity contribution in [1.82, 2.24) is 0 Å². The van der Waals surface area contributed by atoms with Crippen molar-refractivity contribution in [3.63, 3.8) is 0 Å². The van der Waals surface area contributed by atoms with Gasteiger partial charge in [0.2, 0.25) is 0 Å². The third-order valence-corrected chi connectivity index (χ3v) is 2.47. The first-order valence-corrected chi connectivity index (χ1v) is 4.22. The van der Waals surface area contributed by atoms with Gasteiger partial charge in [-0.05, 0) is 6.92 Å². The third-order valence-electron chi connectivity index (χ3n) is 2.47. The Bertz CT molecular complexity index is 203. The van der Waals surface area contributed by atoms with Gasteiger partial charge in [0.05, 0.1) is 31.3 Å². The zero-order chi connectivity index (χ0) is 8.72. The summed E-state index contributed by atoms with van der Waals surface area (Å²) in [5, 5.41) is 9.29. The van der Waals surface area contributed by atoms with E-state index in [0.29, 0.717) is 13.2 Å². The lowest BCUT2D eigenvalue weighted by atomic mass is 10.2. The fraction of sp³-hybridized carbons (Fsp3) is 0.875. The SMILES string of the molecule is CCOC(=O)[C@H]1[C@@H]2OC[C@@H](O)[C@@H]21. The molecule has 0 aromatic carbocycles. The van der Waals surface area contributed by atoms with Crippen LogP contribution in [0.15, 0.2) is 0 Å². The number of hydrogen-bond donors (Lipinski definition) is 1. The molecule has 0 amide bonds. The lowest BCUT2D eigenvalue weighted by Gasteiger charge is -2.06. The number of aliphatic hydroxyl groups is 1. The normalized spacial score (nSPS) is 43.8. The van der Waals surface area contributed by atoms with Crippen LogP contribution in [0.5, 0.6) is 0 Å². The molecule has 0 unspecified atom stereocenters. The van der Waals surface area contributed by atoms with E-state index in [2.05, 4.69) is 0 Å². The number of esters is 1. The summed E-state index contributed by atoms with van der Waals surface area (Å²) in [5.41, 5.74) is 0. The second-order valence-corrected chi connectivity index (χ2v) is 3.22. The fourth-order valence-electron chi connectivity index (χ4n) is 1.83. The largest absolute Gasteiger partial charge is 0.466 e. The lowest BCUT2D eigenvalue weighted by molar-refractivity contribution is -0.147. The molecule has 0 spiro atoms. The summed E-state index contributed by atoms with van der Waals surface area (Å²) < 4.78 is 9.99. The minimum absolute atomic E-state index is 0.00375. The number of carbonyl (C=O) groups excluding carboxylic acids is 1. The highest BCUT2D eigenvalue weighted by Gasteiger charge is 2.64. The number of fused-ring (bicyclic) bond motifs is 1. The van der Waals surface area contributed by atoms with Crippen molar-refractivity contribution in [3.8, 4) is 0 Å². The van der Waals surface area contributed by atoms with E-state index in [9.17, 15) is 9.90 Å². The quantitative estimate of drug-likeness (QED) is 0.573. The molecule has 4 heteroatoms. The molecule has 1 aliphatic heterocycles. The molecule has 0 aromatic heterocycles. The highest BCUT2D eigenvalue weighted by molar-refractivity contribution is 5.77. The van der Waals surface area contributed by atoms with Crippen molar-refractivity contribution < 1.29 is 19.4 Å². The van der Waals surface area contributed by atoms with E-state index in [-0.39, 0.29) is 23.9 Å². The van der Waals surface area contributed by atoms with E-state index in [4.69, 9.17) is 9.47 Å². The van der Waals surface area contributed by atoms with Crippen LogP contribution in [0.1, 0.15) is 6.92 Å². The maximum absolute atomic E-state index is 11.2. The molecule has 1 saturated carbocycles. The van der Waals surface area contributed by atoms with Gasteiger partial charge in [-0.1, -0.05) is 0 Å². The molecule has 2 aliphatic rings. The number of rotatable bonds is 2. The molecule has 2 fully saturated rings. The van der Waals surface area contributed by atoms with Gasteiger partial charge in [0.1, 0.15) is 0 Å². The Morgan fingerprint density at radius 3 is 3.00 bits per heavy atom. The Morgan fingerprint density at radius 1 is 1.75 bits per heavy atom. The van der Waals surface area contributed by atoms with E-state index in [0.717, 1.165) is 0 Å². The summed E-state index contributed by atoms with van der Waals surface area (Å²) in [7, 11) is 0. The molecule has 0 bridgehead atoms. The Kier molecular flexibility index (Phi) is 1.81. The van der Waals surface area contributed by atoms with E-state index in [1.54, 1.807) is 6.92 Å². The van der Waals surface area contributed by atoms with Gasteiger partial charge in [-0.15, -0.1) is 0 Å². The van der Waals surface area contributed by atoms with Gasteiger partial charge in [0.25, 0.3) is 0 Å². The summed E-state index contributed by atoms with van der Waals surface area (Å²) in [6.45, 7) is 2.53. The minimum Gasteiger partial charge on any atom is -0.466 e. The van der Waals surface area contributed by atoms with E-state index >= 15 is 0 Å². The molecule has 1 N–H and O–H groups in total. The first kappa shape index (κ1) is 8.01. The standard InChI is InChI=1S/C8H12O4/c1-2-11-8(10)6-5-4(9)3-12-7(5)6/h4-7,9H,2-3H2,1H3/t4-,5-,6-,7-/m1/s1. The van der Waals surface area contributed by atoms with E-state index in [1.165, 1.54) is 0 Å². The van der Waals surface area contributed by atoms with Crippen molar-refractivity contribution in [1.29, 1.82) is 0 Å². The van der Waals surface area contributed by atoms with Crippen LogP contribution in [0.3, 0.4) is 0 Å². The number of hydrogen-bond acceptors (Lipinski definition) is 4. The van der Waals surface area contributed by atoms with Crippen molar-refractivity contribution >= 4 is 5.97 Å². The molecule has 12 heavy (non-hydrogen) atoms. The molecule has 68 valence electrons. The summed E-state index contributed by atoms with van der Waals surface area (Å²) in [4.78, 5) is 11.2. The van der Waals surface area contributed by atoms with Crippen molar-refractivity contribution in [2.24, 2.45) is 11.8 Å². The van der Waals surface area contributed by atoms with Crippen LogP contribution in [0.2, 0.25) is 0 Å². The summed E-state index contributed by atoms with van der Waals surface area (Å²) in [5.74, 6) is -0.427. The van der Waals surface area contributed by atoms with Gasteiger partial charge in [0.15, 0.2) is 0 Å². The smallest absolute Gasteiger partial charge is 0.312 e. The van der Waals surface area contributed by atoms with Crippen LogP contribution >= 0.6 is 0 Å². The van der Waals surface area contributed by atoms with Gasteiger partial charge >= 0.3 is 5.97 Å². The molecule has 2 rings (SSSR count). The highest BCUT2D eigenvalue weighted by Crippen LogP contribution is 2.49. The molecule has 1 saturated heterocycles. The molecule has 0 aromatic rings. The molecule has 1 aliphatic carbocycles. The highest BCUT2D eigenvalue weighted by atomic mass is 16.5. The molecule has 4 atom stereocenters. The molecular formula is C8H12O4. The first-order valence-electron chi connectivity index (χ1n) is 4.22. The van der Waals surface area contributed by atoms with E-state index in [1.807, 2.05) is 0 Å². The van der Waals surface area contributed by atoms with Gasteiger partial charge in [-0.2, -0.15) is 0 Å². The Balaban J connectivity index is 1.90. The predicted octanol–water partition coefficient (Wildman–Crippen LogP) is -0.445. The fourth-order valence-corrected chi connectivity index (χ4v) is 1.83. The third kappa shape index (κ3) is 1.03. The van der Waals surface area contributed by atoms with Crippen LogP contribution in [0, 0.1) is 11.8 Å². The van der Waals surface area contributed by atoms with Gasteiger partial charge in [0, 0.05) is 5.92 Å². The van der Waals surface area contributed by atoms with Crippen molar-refractivity contribution in [2.75, 3.05) is 13.2 Å². The average Bonchev–Trinajstić information content (AvgIpc) is 2.65. The Hall–Kier alpha value is -0.610. The van der Waals surface area contributed by atoms with Crippen LogP contribution < -0.4 is 0 Å². The molecule has 0 radical (unpaired) electrons. The first-order chi connectivity index (χ1) is 5.75. The lowest BCUT2D eigenvalue weighted by Crippen LogP contribution is -2.19. The van der Waals surface area contributed by atoms with Crippen LogP contribution in [-0.2, 0) is 14.3 Å². The summed E-state index contributed by atoms with van der Waals surface area (Å²) in [6.07, 6.45) is -0.538. The Labute approximate surface area is 70.5 Å². The van der Waals surface area contributed by atoms with Crippen molar-refractivity contribution in [3.05, 3.63) is 0 Å². The number of ether oxygens (including phenoxy) is 2. The van der Waals surface area contributed by atoms with Crippen molar-refractivity contribution in [2.45, 2.75) is 19.1 Å². The zero-order valence-corrected chi connectivity index (χ0v) is 6.90. The second-order valence-electron chi connectivity index (χ2n) is 3.22. The maximum atomic E-state index is 11.2. The number of aliphatic hydroxyl groups excluding tert-OH is 1. The molecule has 4 nitrogen and oxygen atoms in total. The van der Waals surface area contributed by atoms with Gasteiger partial charge in [-0.3, -0.25) is 4.79 Å². The maximum Gasteiger partial charge on any atom is 0.312 e. The molecular weight excluding hydrogens is 160 g/mol. The molecule has 1 heterocycles.